The van der Waals surface area contributed by atoms with E-state index in [0.717, 1.165) is 22.6 Å². The summed E-state index contributed by atoms with van der Waals surface area (Å²) in [5, 5.41) is 3.16. The molecule has 0 saturated carbocycles. The lowest BCUT2D eigenvalue weighted by molar-refractivity contribution is 0.356. The Hall–Kier alpha value is -3.22. The van der Waals surface area contributed by atoms with Crippen LogP contribution in [0.25, 0.3) is 11.1 Å². The number of aromatic nitrogens is 3. The third-order valence-electron chi connectivity index (χ3n) is 5.17. The second kappa shape index (κ2) is 7.66. The third-order valence-corrected chi connectivity index (χ3v) is 5.17. The predicted molar refractivity (Wildman–Crippen MR) is 110 cm³/mol. The molecule has 3 heterocycles. The normalized spacial score (nSPS) is 12.7. The molecule has 1 aromatic carbocycles. The molecule has 29 heavy (non-hydrogen) atoms. The summed E-state index contributed by atoms with van der Waals surface area (Å²) in [6.07, 6.45) is 3.93. The third kappa shape index (κ3) is 3.48. The molecule has 0 bridgehead atoms. The number of rotatable bonds is 5. The molecule has 0 fully saturated rings. The summed E-state index contributed by atoms with van der Waals surface area (Å²) in [7, 11) is 0. The average molecular weight is 394 g/mol. The lowest BCUT2D eigenvalue weighted by atomic mass is 10.0. The summed E-state index contributed by atoms with van der Waals surface area (Å²) in [5.74, 6) is 0.842. The van der Waals surface area contributed by atoms with Crippen molar-refractivity contribution in [3.05, 3.63) is 69.7 Å². The first-order chi connectivity index (χ1) is 14.0. The van der Waals surface area contributed by atoms with Crippen molar-refractivity contribution in [2.75, 3.05) is 11.9 Å². The van der Waals surface area contributed by atoms with Gasteiger partial charge in [0.1, 0.15) is 11.6 Å². The molecule has 3 aromatic rings. The number of hydrogen-bond donors (Lipinski definition) is 1. The molecule has 0 unspecified atom stereocenters. The van der Waals surface area contributed by atoms with Crippen molar-refractivity contribution in [1.82, 2.24) is 14.5 Å². The molecule has 1 aliphatic rings. The second-order valence-corrected chi connectivity index (χ2v) is 7.36. The molecule has 1 N–H and O–H groups in total. The molecule has 0 saturated heterocycles. The molecule has 0 radical (unpaired) electrons. The summed E-state index contributed by atoms with van der Waals surface area (Å²) in [6.45, 7) is 6.48. The minimum absolute atomic E-state index is 0.121. The van der Waals surface area contributed by atoms with Gasteiger partial charge in [-0.25, -0.2) is 9.37 Å². The monoisotopic (exact) mass is 394 g/mol. The van der Waals surface area contributed by atoms with Gasteiger partial charge in [-0.1, -0.05) is 6.07 Å². The summed E-state index contributed by atoms with van der Waals surface area (Å²) in [5.41, 5.74) is 3.29. The van der Waals surface area contributed by atoms with Crippen LogP contribution in [0.15, 0.2) is 41.5 Å². The van der Waals surface area contributed by atoms with E-state index < -0.39 is 0 Å². The van der Waals surface area contributed by atoms with Crippen molar-refractivity contribution >= 4 is 5.95 Å². The van der Waals surface area contributed by atoms with E-state index in [1.54, 1.807) is 29.1 Å². The summed E-state index contributed by atoms with van der Waals surface area (Å²) in [4.78, 5) is 22.0. The summed E-state index contributed by atoms with van der Waals surface area (Å²) in [6, 6.07) is 6.62. The Kier molecular flexibility index (Phi) is 5.05. The largest absolute Gasteiger partial charge is 0.493 e. The Bertz CT molecular complexity index is 1120. The van der Waals surface area contributed by atoms with Crippen LogP contribution in [0, 0.1) is 12.7 Å². The lowest BCUT2D eigenvalue weighted by Gasteiger charge is -2.19. The molecule has 0 aliphatic carbocycles. The number of hydrogen-bond acceptors (Lipinski definition) is 5. The molecular formula is C22H23FN4O2. The number of nitrogens with one attached hydrogen (secondary N) is 1. The maximum atomic E-state index is 14.4. The highest BCUT2D eigenvalue weighted by atomic mass is 19.1. The van der Waals surface area contributed by atoms with E-state index in [1.165, 1.54) is 6.07 Å². The minimum Gasteiger partial charge on any atom is -0.493 e. The van der Waals surface area contributed by atoms with Crippen molar-refractivity contribution in [3.63, 3.8) is 0 Å². The lowest BCUT2D eigenvalue weighted by Crippen LogP contribution is -2.28. The van der Waals surface area contributed by atoms with E-state index in [1.807, 2.05) is 26.8 Å². The first-order valence-electron chi connectivity index (χ1n) is 9.67. The molecule has 7 heteroatoms. The minimum atomic E-state index is -0.289. The highest BCUT2D eigenvalue weighted by molar-refractivity contribution is 5.64. The molecule has 2 aromatic heterocycles. The topological polar surface area (TPSA) is 69.0 Å². The number of benzene rings is 1. The zero-order valence-electron chi connectivity index (χ0n) is 16.7. The first-order valence-corrected chi connectivity index (χ1v) is 9.67. The van der Waals surface area contributed by atoms with Gasteiger partial charge < -0.3 is 10.1 Å². The Morgan fingerprint density at radius 1 is 1.24 bits per heavy atom. The predicted octanol–water partition coefficient (Wildman–Crippen LogP) is 3.88. The van der Waals surface area contributed by atoms with Gasteiger partial charge in [-0.2, -0.15) is 0 Å². The summed E-state index contributed by atoms with van der Waals surface area (Å²) >= 11 is 0. The molecule has 1 aliphatic heterocycles. The van der Waals surface area contributed by atoms with Crippen molar-refractivity contribution in [2.45, 2.75) is 39.8 Å². The van der Waals surface area contributed by atoms with E-state index in [-0.39, 0.29) is 24.0 Å². The molecule has 0 spiro atoms. The maximum Gasteiger partial charge on any atom is 0.263 e. The molecule has 0 amide bonds. The molecule has 0 atom stereocenters. The van der Waals surface area contributed by atoms with Crippen LogP contribution in [0.5, 0.6) is 5.75 Å². The molecule has 4 rings (SSSR count). The van der Waals surface area contributed by atoms with E-state index in [9.17, 15) is 9.18 Å². The van der Waals surface area contributed by atoms with Gasteiger partial charge in [0, 0.05) is 53.8 Å². The Morgan fingerprint density at radius 3 is 2.83 bits per heavy atom. The Balaban J connectivity index is 1.71. The fourth-order valence-electron chi connectivity index (χ4n) is 3.71. The zero-order chi connectivity index (χ0) is 20.5. The fraction of sp³-hybridized carbons (Fsp3) is 0.318. The second-order valence-electron chi connectivity index (χ2n) is 7.36. The molecule has 6 nitrogen and oxygen atoms in total. The maximum absolute atomic E-state index is 14.4. The van der Waals surface area contributed by atoms with Crippen molar-refractivity contribution in [1.29, 1.82) is 0 Å². The zero-order valence-corrected chi connectivity index (χ0v) is 16.7. The van der Waals surface area contributed by atoms with Crippen LogP contribution in [0.2, 0.25) is 0 Å². The molecular weight excluding hydrogens is 371 g/mol. The standard InChI is InChI=1S/C22H23FN4O2/c1-13(2)27-21(28)18(15-5-4-9-24-14(15)3)12-26-22(27)25-11-17-16-8-10-29-20(16)7-6-19(17)23/h4-7,9,12-13H,8,10-11H2,1-3H3,(H,25,26). The number of anilines is 1. The van der Waals surface area contributed by atoms with E-state index in [2.05, 4.69) is 15.3 Å². The highest BCUT2D eigenvalue weighted by Crippen LogP contribution is 2.30. The number of ether oxygens (including phenoxy) is 1. The smallest absolute Gasteiger partial charge is 0.263 e. The van der Waals surface area contributed by atoms with Crippen molar-refractivity contribution < 1.29 is 9.13 Å². The van der Waals surface area contributed by atoms with Gasteiger partial charge in [-0.05, 0) is 39.0 Å². The van der Waals surface area contributed by atoms with Gasteiger partial charge >= 0.3 is 0 Å². The van der Waals surface area contributed by atoms with Crippen LogP contribution >= 0.6 is 0 Å². The van der Waals surface area contributed by atoms with Crippen molar-refractivity contribution in [2.24, 2.45) is 0 Å². The van der Waals surface area contributed by atoms with E-state index >= 15 is 0 Å². The Labute approximate surface area is 168 Å². The Morgan fingerprint density at radius 2 is 2.07 bits per heavy atom. The number of pyridine rings is 1. The van der Waals surface area contributed by atoms with Crippen LogP contribution in [-0.4, -0.2) is 21.1 Å². The van der Waals surface area contributed by atoms with Crippen LogP contribution in [0.3, 0.4) is 0 Å². The van der Waals surface area contributed by atoms with E-state index in [0.29, 0.717) is 30.1 Å². The van der Waals surface area contributed by atoms with Crippen LogP contribution in [-0.2, 0) is 13.0 Å². The van der Waals surface area contributed by atoms with Crippen molar-refractivity contribution in [3.8, 4) is 16.9 Å². The number of nitrogens with zero attached hydrogens (tertiary/aromatic N) is 3. The van der Waals surface area contributed by atoms with E-state index in [4.69, 9.17) is 4.74 Å². The molecule has 150 valence electrons. The number of aryl methyl sites for hydroxylation is 1. The quantitative estimate of drug-likeness (QED) is 0.711. The fourth-order valence-corrected chi connectivity index (χ4v) is 3.71. The van der Waals surface area contributed by atoms with Gasteiger partial charge in [-0.3, -0.25) is 14.3 Å². The van der Waals surface area contributed by atoms with Gasteiger partial charge in [0.15, 0.2) is 0 Å². The van der Waals surface area contributed by atoms with Crippen LogP contribution < -0.4 is 15.6 Å². The SMILES string of the molecule is Cc1ncccc1-c1cnc(NCc2c(F)ccc3c2CCO3)n(C(C)C)c1=O. The average Bonchev–Trinajstić information content (AvgIpc) is 3.16. The van der Waals surface area contributed by atoms with Crippen LogP contribution in [0.1, 0.15) is 36.7 Å². The van der Waals surface area contributed by atoms with Crippen LogP contribution in [0.4, 0.5) is 10.3 Å². The first kappa shape index (κ1) is 19.1. The van der Waals surface area contributed by atoms with Gasteiger partial charge in [0.2, 0.25) is 5.95 Å². The van der Waals surface area contributed by atoms with Gasteiger partial charge in [-0.15, -0.1) is 0 Å². The van der Waals surface area contributed by atoms with Gasteiger partial charge in [0.05, 0.1) is 12.2 Å². The number of halogens is 1. The highest BCUT2D eigenvalue weighted by Gasteiger charge is 2.21. The number of fused-ring (bicyclic) bond motifs is 1. The van der Waals surface area contributed by atoms with Gasteiger partial charge in [0.25, 0.3) is 5.56 Å². The summed E-state index contributed by atoms with van der Waals surface area (Å²) < 4.78 is 21.6.